The maximum absolute atomic E-state index is 12.2. The normalized spacial score (nSPS) is 12.4. The molecule has 1 N–H and O–H groups in total. The third kappa shape index (κ3) is 4.85. The van der Waals surface area contributed by atoms with Gasteiger partial charge < -0.3 is 19.4 Å². The maximum atomic E-state index is 12.2. The number of fused-ring (bicyclic) bond motifs is 1. The number of benzene rings is 1. The van der Waals surface area contributed by atoms with Gasteiger partial charge in [0.25, 0.3) is 5.91 Å². The Morgan fingerprint density at radius 2 is 2.08 bits per heavy atom. The first-order chi connectivity index (χ1) is 12.3. The summed E-state index contributed by atoms with van der Waals surface area (Å²) in [5, 5.41) is 3.78. The summed E-state index contributed by atoms with van der Waals surface area (Å²) in [4.78, 5) is 26.0. The zero-order valence-electron chi connectivity index (χ0n) is 16.2. The Labute approximate surface area is 154 Å². The molecule has 0 aliphatic carbocycles. The molecular formula is C20H28N2O4. The van der Waals surface area contributed by atoms with E-state index in [-0.39, 0.29) is 11.5 Å². The molecular weight excluding hydrogens is 332 g/mol. The van der Waals surface area contributed by atoms with Gasteiger partial charge in [0, 0.05) is 23.6 Å². The van der Waals surface area contributed by atoms with E-state index in [1.807, 2.05) is 40.1 Å². The van der Waals surface area contributed by atoms with E-state index in [4.69, 9.17) is 9.15 Å². The molecule has 0 aliphatic heterocycles. The van der Waals surface area contributed by atoms with Crippen molar-refractivity contribution < 1.29 is 13.9 Å². The van der Waals surface area contributed by atoms with Crippen LogP contribution in [0.1, 0.15) is 31.4 Å². The highest BCUT2D eigenvalue weighted by atomic mass is 16.5. The molecule has 1 aromatic carbocycles. The van der Waals surface area contributed by atoms with E-state index in [2.05, 4.69) is 10.2 Å². The fourth-order valence-electron chi connectivity index (χ4n) is 2.82. The van der Waals surface area contributed by atoms with E-state index in [1.165, 1.54) is 6.07 Å². The highest BCUT2D eigenvalue weighted by molar-refractivity contribution is 5.85. The van der Waals surface area contributed by atoms with Crippen LogP contribution in [0.5, 0.6) is 5.75 Å². The Morgan fingerprint density at radius 3 is 2.73 bits per heavy atom. The highest BCUT2D eigenvalue weighted by Crippen LogP contribution is 2.29. The van der Waals surface area contributed by atoms with Crippen molar-refractivity contribution >= 4 is 16.9 Å². The summed E-state index contributed by atoms with van der Waals surface area (Å²) in [6.07, 6.45) is 0.991. The fourth-order valence-corrected chi connectivity index (χ4v) is 2.82. The molecule has 1 heterocycles. The first kappa shape index (κ1) is 20.0. The number of amides is 1. The van der Waals surface area contributed by atoms with Crippen molar-refractivity contribution in [2.45, 2.75) is 39.7 Å². The number of hydrogen-bond donors (Lipinski definition) is 1. The van der Waals surface area contributed by atoms with E-state index >= 15 is 0 Å². The number of carbonyl (C=O) groups is 1. The Balaban J connectivity index is 2.11. The van der Waals surface area contributed by atoms with Crippen LogP contribution in [0.4, 0.5) is 0 Å². The fraction of sp³-hybridized carbons (Fsp3) is 0.500. The maximum Gasteiger partial charge on any atom is 0.336 e. The second-order valence-corrected chi connectivity index (χ2v) is 6.72. The summed E-state index contributed by atoms with van der Waals surface area (Å²) < 4.78 is 11.2. The predicted octanol–water partition coefficient (Wildman–Crippen LogP) is 2.50. The molecule has 1 atom stereocenters. The Kier molecular flexibility index (Phi) is 6.80. The van der Waals surface area contributed by atoms with Crippen LogP contribution in [-0.2, 0) is 11.2 Å². The summed E-state index contributed by atoms with van der Waals surface area (Å²) in [6, 6.07) is 5.22. The zero-order chi connectivity index (χ0) is 19.3. The van der Waals surface area contributed by atoms with E-state index in [0.717, 1.165) is 35.9 Å². The summed E-state index contributed by atoms with van der Waals surface area (Å²) in [5.74, 6) is 0.386. The van der Waals surface area contributed by atoms with Gasteiger partial charge in [-0.1, -0.05) is 6.92 Å². The molecule has 2 rings (SSSR count). The van der Waals surface area contributed by atoms with Gasteiger partial charge in [-0.05, 0) is 65.0 Å². The summed E-state index contributed by atoms with van der Waals surface area (Å²) in [7, 11) is 4.00. The average molecular weight is 360 g/mol. The quantitative estimate of drug-likeness (QED) is 0.578. The van der Waals surface area contributed by atoms with Crippen molar-refractivity contribution in [3.63, 3.8) is 0 Å². The van der Waals surface area contributed by atoms with Crippen LogP contribution in [-0.4, -0.2) is 44.1 Å². The largest absolute Gasteiger partial charge is 0.480 e. The van der Waals surface area contributed by atoms with Crippen molar-refractivity contribution in [2.75, 3.05) is 27.2 Å². The van der Waals surface area contributed by atoms with Crippen LogP contribution in [0, 0.1) is 6.92 Å². The molecule has 142 valence electrons. The van der Waals surface area contributed by atoms with Gasteiger partial charge in [-0.3, -0.25) is 4.79 Å². The molecule has 0 fully saturated rings. The first-order valence-corrected chi connectivity index (χ1v) is 8.99. The molecule has 2 aromatic rings. The SMILES string of the molecule is CCc1cc(=O)oc2c(C)c(OC(C)C(=O)NCCCN(C)C)ccc12. The number of aryl methyl sites for hydroxylation is 2. The minimum atomic E-state index is -0.633. The van der Waals surface area contributed by atoms with Crippen LogP contribution >= 0.6 is 0 Å². The molecule has 26 heavy (non-hydrogen) atoms. The molecule has 1 amide bonds. The van der Waals surface area contributed by atoms with Gasteiger partial charge in [0.2, 0.25) is 0 Å². The molecule has 0 bridgehead atoms. The number of nitrogens with zero attached hydrogens (tertiary/aromatic N) is 1. The monoisotopic (exact) mass is 360 g/mol. The molecule has 1 unspecified atom stereocenters. The summed E-state index contributed by atoms with van der Waals surface area (Å²) in [6.45, 7) is 7.07. The number of nitrogens with one attached hydrogen (secondary N) is 1. The molecule has 0 aliphatic rings. The van der Waals surface area contributed by atoms with Crippen LogP contribution in [0.3, 0.4) is 0 Å². The molecule has 1 aromatic heterocycles. The molecule has 0 saturated heterocycles. The molecule has 0 radical (unpaired) electrons. The Bertz CT molecular complexity index is 826. The lowest BCUT2D eigenvalue weighted by molar-refractivity contribution is -0.127. The average Bonchev–Trinajstić information content (AvgIpc) is 2.60. The van der Waals surface area contributed by atoms with Crippen molar-refractivity contribution in [1.29, 1.82) is 0 Å². The lowest BCUT2D eigenvalue weighted by Crippen LogP contribution is -2.37. The second kappa shape index (κ2) is 8.85. The van der Waals surface area contributed by atoms with Crippen LogP contribution in [0.2, 0.25) is 0 Å². The molecule has 0 saturated carbocycles. The van der Waals surface area contributed by atoms with Gasteiger partial charge >= 0.3 is 5.63 Å². The van der Waals surface area contributed by atoms with E-state index in [0.29, 0.717) is 17.9 Å². The highest BCUT2D eigenvalue weighted by Gasteiger charge is 2.17. The lowest BCUT2D eigenvalue weighted by Gasteiger charge is -2.17. The molecule has 6 heteroatoms. The van der Waals surface area contributed by atoms with Crippen molar-refractivity contribution in [2.24, 2.45) is 0 Å². The summed E-state index contributed by atoms with van der Waals surface area (Å²) >= 11 is 0. The van der Waals surface area contributed by atoms with E-state index < -0.39 is 6.10 Å². The number of ether oxygens (including phenoxy) is 1. The number of hydrogen-bond acceptors (Lipinski definition) is 5. The van der Waals surface area contributed by atoms with Crippen molar-refractivity contribution in [3.05, 3.63) is 39.7 Å². The van der Waals surface area contributed by atoms with Gasteiger partial charge in [-0.2, -0.15) is 0 Å². The minimum Gasteiger partial charge on any atom is -0.480 e. The van der Waals surface area contributed by atoms with Crippen molar-refractivity contribution in [1.82, 2.24) is 10.2 Å². The lowest BCUT2D eigenvalue weighted by atomic mass is 10.0. The minimum absolute atomic E-state index is 0.160. The van der Waals surface area contributed by atoms with E-state index in [1.54, 1.807) is 6.92 Å². The summed E-state index contributed by atoms with van der Waals surface area (Å²) in [5.41, 5.74) is 1.81. The zero-order valence-corrected chi connectivity index (χ0v) is 16.2. The standard InChI is InChI=1S/C20H28N2O4/c1-6-15-12-18(23)26-19-13(2)17(9-8-16(15)19)25-14(3)20(24)21-10-7-11-22(4)5/h8-9,12,14H,6-7,10-11H2,1-5H3,(H,21,24). The van der Waals surface area contributed by atoms with Gasteiger partial charge in [-0.15, -0.1) is 0 Å². The van der Waals surface area contributed by atoms with Crippen LogP contribution < -0.4 is 15.7 Å². The van der Waals surface area contributed by atoms with Crippen molar-refractivity contribution in [3.8, 4) is 5.75 Å². The predicted molar refractivity (Wildman–Crippen MR) is 103 cm³/mol. The van der Waals surface area contributed by atoms with Gasteiger partial charge in [0.15, 0.2) is 6.10 Å². The Morgan fingerprint density at radius 1 is 1.35 bits per heavy atom. The van der Waals surface area contributed by atoms with E-state index in [9.17, 15) is 9.59 Å². The van der Waals surface area contributed by atoms with Crippen LogP contribution in [0.15, 0.2) is 27.4 Å². The number of rotatable bonds is 8. The first-order valence-electron chi connectivity index (χ1n) is 8.99. The third-order valence-corrected chi connectivity index (χ3v) is 4.33. The topological polar surface area (TPSA) is 71.8 Å². The Hall–Kier alpha value is -2.34. The third-order valence-electron chi connectivity index (χ3n) is 4.33. The van der Waals surface area contributed by atoms with Gasteiger partial charge in [0.1, 0.15) is 11.3 Å². The van der Waals surface area contributed by atoms with Crippen LogP contribution in [0.25, 0.3) is 11.0 Å². The smallest absolute Gasteiger partial charge is 0.336 e. The van der Waals surface area contributed by atoms with Gasteiger partial charge in [-0.25, -0.2) is 4.79 Å². The molecule has 6 nitrogen and oxygen atoms in total. The van der Waals surface area contributed by atoms with Gasteiger partial charge in [0.05, 0.1) is 0 Å². The number of carbonyl (C=O) groups excluding carboxylic acids is 1. The molecule has 0 spiro atoms. The second-order valence-electron chi connectivity index (χ2n) is 6.72.